The van der Waals surface area contributed by atoms with Gasteiger partial charge in [-0.1, -0.05) is 23.7 Å². The van der Waals surface area contributed by atoms with Crippen molar-refractivity contribution >= 4 is 41.5 Å². The molecule has 27 heavy (non-hydrogen) atoms. The quantitative estimate of drug-likeness (QED) is 0.682. The van der Waals surface area contributed by atoms with Gasteiger partial charge in [-0.25, -0.2) is 0 Å². The Morgan fingerprint density at radius 1 is 1.07 bits per heavy atom. The second-order valence-corrected chi connectivity index (χ2v) is 6.85. The smallest absolute Gasteiger partial charge is 0.255 e. The Kier molecular flexibility index (Phi) is 8.10. The Balaban J connectivity index is 0.00000261. The first kappa shape index (κ1) is 21.2. The third-order valence-electron chi connectivity index (χ3n) is 4.53. The van der Waals surface area contributed by atoms with Crippen molar-refractivity contribution in [3.8, 4) is 0 Å². The van der Waals surface area contributed by atoms with Crippen LogP contribution in [0, 0.1) is 5.92 Å². The van der Waals surface area contributed by atoms with Crippen molar-refractivity contribution in [1.82, 2.24) is 10.6 Å². The zero-order chi connectivity index (χ0) is 18.4. The van der Waals surface area contributed by atoms with E-state index < -0.39 is 0 Å². The number of nitrogens with one attached hydrogen (secondary N) is 3. The van der Waals surface area contributed by atoms with E-state index in [-0.39, 0.29) is 24.2 Å². The Morgan fingerprint density at radius 3 is 2.52 bits per heavy atom. The Morgan fingerprint density at radius 2 is 1.81 bits per heavy atom. The fraction of sp³-hybridized carbons (Fsp3) is 0.300. The molecule has 0 bridgehead atoms. The normalized spacial score (nSPS) is 15.7. The van der Waals surface area contributed by atoms with Gasteiger partial charge in [0.05, 0.1) is 11.3 Å². The van der Waals surface area contributed by atoms with Crippen molar-refractivity contribution < 1.29 is 9.59 Å². The first-order valence-corrected chi connectivity index (χ1v) is 9.16. The molecule has 1 atom stereocenters. The van der Waals surface area contributed by atoms with E-state index in [0.29, 0.717) is 34.3 Å². The number of amides is 2. The molecule has 1 saturated heterocycles. The lowest BCUT2D eigenvalue weighted by molar-refractivity contribution is 0.0952. The molecule has 1 fully saturated rings. The van der Waals surface area contributed by atoms with Gasteiger partial charge in [-0.2, -0.15) is 0 Å². The maximum absolute atomic E-state index is 12.5. The molecule has 1 aliphatic heterocycles. The van der Waals surface area contributed by atoms with Crippen LogP contribution in [0.25, 0.3) is 0 Å². The van der Waals surface area contributed by atoms with Crippen molar-refractivity contribution in [1.29, 1.82) is 0 Å². The molecule has 2 aromatic rings. The molecule has 3 rings (SSSR count). The molecule has 1 heterocycles. The van der Waals surface area contributed by atoms with Crippen LogP contribution in [-0.2, 0) is 0 Å². The van der Waals surface area contributed by atoms with E-state index in [0.717, 1.165) is 25.9 Å². The SMILES string of the molecule is Cl.O=C(Nc1ccccc1C(=O)NCCC1CCNC1)c1ccc(Cl)cc1. The largest absolute Gasteiger partial charge is 0.352 e. The maximum atomic E-state index is 12.5. The van der Waals surface area contributed by atoms with Crippen LogP contribution in [0.3, 0.4) is 0 Å². The van der Waals surface area contributed by atoms with E-state index in [4.69, 9.17) is 11.6 Å². The van der Waals surface area contributed by atoms with Crippen molar-refractivity contribution in [3.63, 3.8) is 0 Å². The summed E-state index contributed by atoms with van der Waals surface area (Å²) in [6.07, 6.45) is 2.11. The van der Waals surface area contributed by atoms with Gasteiger partial charge < -0.3 is 16.0 Å². The topological polar surface area (TPSA) is 70.2 Å². The van der Waals surface area contributed by atoms with Gasteiger partial charge in [0.25, 0.3) is 11.8 Å². The zero-order valence-corrected chi connectivity index (χ0v) is 16.4. The van der Waals surface area contributed by atoms with Crippen LogP contribution < -0.4 is 16.0 Å². The molecule has 0 aromatic heterocycles. The molecule has 2 amide bonds. The predicted molar refractivity (Wildman–Crippen MR) is 111 cm³/mol. The minimum absolute atomic E-state index is 0. The van der Waals surface area contributed by atoms with Gasteiger partial charge in [0, 0.05) is 17.1 Å². The first-order chi connectivity index (χ1) is 12.6. The molecule has 5 nitrogen and oxygen atoms in total. The number of anilines is 1. The fourth-order valence-corrected chi connectivity index (χ4v) is 3.16. The Bertz CT molecular complexity index is 775. The number of para-hydroxylation sites is 1. The van der Waals surface area contributed by atoms with Crippen LogP contribution in [0.15, 0.2) is 48.5 Å². The number of hydrogen-bond donors (Lipinski definition) is 3. The lowest BCUT2D eigenvalue weighted by Crippen LogP contribution is -2.27. The summed E-state index contributed by atoms with van der Waals surface area (Å²) in [7, 11) is 0. The molecule has 0 aliphatic carbocycles. The summed E-state index contributed by atoms with van der Waals surface area (Å²) in [4.78, 5) is 24.9. The van der Waals surface area contributed by atoms with Crippen LogP contribution in [0.5, 0.6) is 0 Å². The van der Waals surface area contributed by atoms with E-state index in [1.54, 1.807) is 48.5 Å². The summed E-state index contributed by atoms with van der Waals surface area (Å²) < 4.78 is 0. The molecular weight excluding hydrogens is 385 g/mol. The van der Waals surface area contributed by atoms with E-state index in [1.807, 2.05) is 0 Å². The molecule has 0 saturated carbocycles. The van der Waals surface area contributed by atoms with Gasteiger partial charge in [0.2, 0.25) is 0 Å². The summed E-state index contributed by atoms with van der Waals surface area (Å²) in [6.45, 7) is 2.70. The molecular formula is C20H23Cl2N3O2. The van der Waals surface area contributed by atoms with Crippen LogP contribution in [-0.4, -0.2) is 31.4 Å². The number of carbonyl (C=O) groups is 2. The summed E-state index contributed by atoms with van der Waals surface area (Å²) in [5.74, 6) is 0.164. The van der Waals surface area contributed by atoms with E-state index in [2.05, 4.69) is 16.0 Å². The number of halogens is 2. The van der Waals surface area contributed by atoms with Crippen LogP contribution in [0.2, 0.25) is 5.02 Å². The molecule has 7 heteroatoms. The lowest BCUT2D eigenvalue weighted by Gasteiger charge is -2.13. The molecule has 144 valence electrons. The molecule has 0 spiro atoms. The molecule has 3 N–H and O–H groups in total. The highest BCUT2D eigenvalue weighted by atomic mass is 35.5. The standard InChI is InChI=1S/C20H22ClN3O2.ClH/c21-16-7-5-15(6-8-16)19(25)24-18-4-2-1-3-17(18)20(26)23-12-10-14-9-11-22-13-14;/h1-8,14,22H,9-13H2,(H,23,26)(H,24,25);1H. The monoisotopic (exact) mass is 407 g/mol. The van der Waals surface area contributed by atoms with E-state index >= 15 is 0 Å². The van der Waals surface area contributed by atoms with Crippen molar-refractivity contribution in [2.24, 2.45) is 5.92 Å². The Labute approximate surface area is 170 Å². The third-order valence-corrected chi connectivity index (χ3v) is 4.78. The zero-order valence-electron chi connectivity index (χ0n) is 14.8. The van der Waals surface area contributed by atoms with E-state index in [1.165, 1.54) is 0 Å². The Hall–Kier alpha value is -2.08. The van der Waals surface area contributed by atoms with Gasteiger partial charge in [0.1, 0.15) is 0 Å². The molecule has 1 unspecified atom stereocenters. The minimum Gasteiger partial charge on any atom is -0.352 e. The van der Waals surface area contributed by atoms with Crippen LogP contribution >= 0.6 is 24.0 Å². The highest BCUT2D eigenvalue weighted by Gasteiger charge is 2.16. The number of benzene rings is 2. The number of hydrogen-bond acceptors (Lipinski definition) is 3. The molecule has 0 radical (unpaired) electrons. The summed E-state index contributed by atoms with van der Waals surface area (Å²) in [5, 5.41) is 9.65. The van der Waals surface area contributed by atoms with Gasteiger partial charge in [-0.3, -0.25) is 9.59 Å². The summed E-state index contributed by atoms with van der Waals surface area (Å²) in [5.41, 5.74) is 1.44. The van der Waals surface area contributed by atoms with Gasteiger partial charge in [-0.05, 0) is 68.2 Å². The van der Waals surface area contributed by atoms with Crippen LogP contribution in [0.1, 0.15) is 33.6 Å². The van der Waals surface area contributed by atoms with Crippen molar-refractivity contribution in [3.05, 3.63) is 64.7 Å². The van der Waals surface area contributed by atoms with Gasteiger partial charge in [0.15, 0.2) is 0 Å². The fourth-order valence-electron chi connectivity index (χ4n) is 3.03. The second kappa shape index (κ2) is 10.3. The summed E-state index contributed by atoms with van der Waals surface area (Å²) in [6, 6.07) is 13.6. The molecule has 2 aromatic carbocycles. The van der Waals surface area contributed by atoms with Gasteiger partial charge in [-0.15, -0.1) is 12.4 Å². The lowest BCUT2D eigenvalue weighted by atomic mass is 10.1. The average Bonchev–Trinajstić information content (AvgIpc) is 3.16. The average molecular weight is 408 g/mol. The molecule has 1 aliphatic rings. The first-order valence-electron chi connectivity index (χ1n) is 8.78. The highest BCUT2D eigenvalue weighted by Crippen LogP contribution is 2.18. The second-order valence-electron chi connectivity index (χ2n) is 6.41. The summed E-state index contributed by atoms with van der Waals surface area (Å²) >= 11 is 5.85. The van der Waals surface area contributed by atoms with Gasteiger partial charge >= 0.3 is 0 Å². The van der Waals surface area contributed by atoms with Crippen molar-refractivity contribution in [2.45, 2.75) is 12.8 Å². The van der Waals surface area contributed by atoms with E-state index in [9.17, 15) is 9.59 Å². The predicted octanol–water partition coefficient (Wildman–Crippen LogP) is 3.74. The highest BCUT2D eigenvalue weighted by molar-refractivity contribution is 6.30. The number of rotatable bonds is 6. The minimum atomic E-state index is -0.279. The third kappa shape index (κ3) is 5.96. The maximum Gasteiger partial charge on any atom is 0.255 e. The van der Waals surface area contributed by atoms with Crippen molar-refractivity contribution in [2.75, 3.05) is 25.0 Å². The van der Waals surface area contributed by atoms with Crippen LogP contribution in [0.4, 0.5) is 5.69 Å². The number of carbonyl (C=O) groups excluding carboxylic acids is 2.